The average Bonchev–Trinajstić information content (AvgIpc) is 3.10. The Morgan fingerprint density at radius 1 is 1.24 bits per heavy atom. The van der Waals surface area contributed by atoms with Crippen molar-refractivity contribution in [3.63, 3.8) is 0 Å². The van der Waals surface area contributed by atoms with Crippen LogP contribution in [-0.2, 0) is 6.54 Å². The standard InChI is InChI=1S/C13H11ClFN5O/c1-8(14)11-6-20(19-16-11)7-12-17-18-13(21-12)9-2-4-10(15)5-3-9/h2-6,8H,7H2,1H3. The van der Waals surface area contributed by atoms with E-state index in [4.69, 9.17) is 16.0 Å². The summed E-state index contributed by atoms with van der Waals surface area (Å²) in [4.78, 5) is 0. The molecule has 108 valence electrons. The molecular formula is C13H11ClFN5O. The zero-order chi connectivity index (χ0) is 14.8. The lowest BCUT2D eigenvalue weighted by Gasteiger charge is -1.95. The second-order valence-electron chi connectivity index (χ2n) is 4.46. The molecule has 0 aliphatic rings. The van der Waals surface area contributed by atoms with Gasteiger partial charge in [-0.05, 0) is 31.2 Å². The summed E-state index contributed by atoms with van der Waals surface area (Å²) in [6, 6.07) is 5.83. The average molecular weight is 308 g/mol. The molecule has 0 amide bonds. The quantitative estimate of drug-likeness (QED) is 0.693. The molecule has 0 aliphatic carbocycles. The van der Waals surface area contributed by atoms with Gasteiger partial charge < -0.3 is 4.42 Å². The zero-order valence-electron chi connectivity index (χ0n) is 11.1. The molecule has 0 fully saturated rings. The molecule has 3 rings (SSSR count). The number of alkyl halides is 1. The number of halogens is 2. The van der Waals surface area contributed by atoms with Gasteiger partial charge in [0.2, 0.25) is 11.8 Å². The summed E-state index contributed by atoms with van der Waals surface area (Å²) < 4.78 is 19.9. The number of benzene rings is 1. The van der Waals surface area contributed by atoms with Crippen molar-refractivity contribution in [3.05, 3.63) is 47.9 Å². The molecule has 1 aromatic carbocycles. The van der Waals surface area contributed by atoms with Gasteiger partial charge in [-0.3, -0.25) is 0 Å². The second-order valence-corrected chi connectivity index (χ2v) is 5.12. The van der Waals surface area contributed by atoms with Crippen LogP contribution in [-0.4, -0.2) is 25.2 Å². The lowest BCUT2D eigenvalue weighted by atomic mass is 10.2. The molecule has 0 spiro atoms. The van der Waals surface area contributed by atoms with Crippen molar-refractivity contribution in [1.29, 1.82) is 0 Å². The molecule has 0 saturated heterocycles. The van der Waals surface area contributed by atoms with Gasteiger partial charge in [0.15, 0.2) is 0 Å². The van der Waals surface area contributed by atoms with Crippen molar-refractivity contribution in [3.8, 4) is 11.5 Å². The van der Waals surface area contributed by atoms with Gasteiger partial charge in [0.25, 0.3) is 0 Å². The Balaban J connectivity index is 1.76. The third kappa shape index (κ3) is 3.08. The molecule has 0 saturated carbocycles. The number of rotatable bonds is 4. The molecule has 6 nitrogen and oxygen atoms in total. The molecule has 0 N–H and O–H groups in total. The minimum atomic E-state index is -0.316. The zero-order valence-corrected chi connectivity index (χ0v) is 11.8. The van der Waals surface area contributed by atoms with Crippen molar-refractivity contribution in [2.75, 3.05) is 0 Å². The smallest absolute Gasteiger partial charge is 0.247 e. The number of nitrogens with zero attached hydrogens (tertiary/aromatic N) is 5. The molecule has 0 radical (unpaired) electrons. The van der Waals surface area contributed by atoms with Crippen molar-refractivity contribution < 1.29 is 8.81 Å². The van der Waals surface area contributed by atoms with Crippen LogP contribution in [0.5, 0.6) is 0 Å². The summed E-state index contributed by atoms with van der Waals surface area (Å²) in [7, 11) is 0. The van der Waals surface area contributed by atoms with Crippen LogP contribution in [0.4, 0.5) is 4.39 Å². The van der Waals surface area contributed by atoms with Gasteiger partial charge in [-0.25, -0.2) is 9.07 Å². The van der Waals surface area contributed by atoms with Gasteiger partial charge in [0, 0.05) is 5.56 Å². The first kappa shape index (κ1) is 13.7. The molecule has 8 heteroatoms. The van der Waals surface area contributed by atoms with E-state index in [2.05, 4.69) is 20.5 Å². The summed E-state index contributed by atoms with van der Waals surface area (Å²) in [5.74, 6) is 0.396. The van der Waals surface area contributed by atoms with Gasteiger partial charge >= 0.3 is 0 Å². The molecule has 0 aliphatic heterocycles. The fourth-order valence-electron chi connectivity index (χ4n) is 1.74. The van der Waals surface area contributed by atoms with E-state index >= 15 is 0 Å². The fourth-order valence-corrected chi connectivity index (χ4v) is 1.84. The van der Waals surface area contributed by atoms with Crippen LogP contribution < -0.4 is 0 Å². The van der Waals surface area contributed by atoms with Gasteiger partial charge in [-0.15, -0.1) is 26.9 Å². The summed E-state index contributed by atoms with van der Waals surface area (Å²) in [6.45, 7) is 2.11. The maximum absolute atomic E-state index is 12.9. The van der Waals surface area contributed by atoms with E-state index in [9.17, 15) is 4.39 Å². The Hall–Kier alpha value is -2.28. The minimum absolute atomic E-state index is 0.212. The van der Waals surface area contributed by atoms with Gasteiger partial charge in [-0.2, -0.15) is 0 Å². The molecule has 1 atom stereocenters. The predicted octanol–water partition coefficient (Wildman–Crippen LogP) is 2.82. The summed E-state index contributed by atoms with van der Waals surface area (Å²) >= 11 is 5.92. The lowest BCUT2D eigenvalue weighted by molar-refractivity contribution is 0.469. The van der Waals surface area contributed by atoms with E-state index in [0.717, 1.165) is 0 Å². The Bertz CT molecular complexity index is 737. The topological polar surface area (TPSA) is 69.6 Å². The number of aromatic nitrogens is 5. The van der Waals surface area contributed by atoms with E-state index in [0.29, 0.717) is 29.6 Å². The summed E-state index contributed by atoms with van der Waals surface area (Å²) in [5, 5.41) is 15.5. The molecule has 21 heavy (non-hydrogen) atoms. The van der Waals surface area contributed by atoms with Crippen LogP contribution in [0.25, 0.3) is 11.5 Å². The Morgan fingerprint density at radius 2 is 2.00 bits per heavy atom. The van der Waals surface area contributed by atoms with Gasteiger partial charge in [0.1, 0.15) is 18.1 Å². The van der Waals surface area contributed by atoms with E-state index in [-0.39, 0.29) is 11.2 Å². The molecule has 1 unspecified atom stereocenters. The van der Waals surface area contributed by atoms with Crippen molar-refractivity contribution >= 4 is 11.6 Å². The van der Waals surface area contributed by atoms with E-state index in [1.807, 2.05) is 6.92 Å². The second kappa shape index (κ2) is 5.61. The molecule has 3 aromatic rings. The van der Waals surface area contributed by atoms with Crippen LogP contribution in [0.3, 0.4) is 0 Å². The van der Waals surface area contributed by atoms with Crippen LogP contribution in [0.1, 0.15) is 23.9 Å². The lowest BCUT2D eigenvalue weighted by Crippen LogP contribution is -2.00. The first-order valence-electron chi connectivity index (χ1n) is 6.24. The largest absolute Gasteiger partial charge is 0.419 e. The highest BCUT2D eigenvalue weighted by molar-refractivity contribution is 6.20. The Morgan fingerprint density at radius 3 is 2.67 bits per heavy atom. The van der Waals surface area contributed by atoms with Crippen LogP contribution in [0.2, 0.25) is 0 Å². The SMILES string of the molecule is CC(Cl)c1cn(Cc2nnc(-c3ccc(F)cc3)o2)nn1. The van der Waals surface area contributed by atoms with Gasteiger partial charge in [-0.1, -0.05) is 5.21 Å². The van der Waals surface area contributed by atoms with Crippen molar-refractivity contribution in [1.82, 2.24) is 25.2 Å². The first-order chi connectivity index (χ1) is 10.1. The van der Waals surface area contributed by atoms with E-state index < -0.39 is 0 Å². The highest BCUT2D eigenvalue weighted by Gasteiger charge is 2.11. The number of hydrogen-bond donors (Lipinski definition) is 0. The highest BCUT2D eigenvalue weighted by atomic mass is 35.5. The third-order valence-corrected chi connectivity index (χ3v) is 3.04. The monoisotopic (exact) mass is 307 g/mol. The van der Waals surface area contributed by atoms with E-state index in [1.165, 1.54) is 12.1 Å². The van der Waals surface area contributed by atoms with Crippen molar-refractivity contribution in [2.24, 2.45) is 0 Å². The van der Waals surface area contributed by atoms with Gasteiger partial charge in [0.05, 0.1) is 11.6 Å². The molecule has 0 bridgehead atoms. The number of hydrogen-bond acceptors (Lipinski definition) is 5. The molecular weight excluding hydrogens is 297 g/mol. The summed E-state index contributed by atoms with van der Waals surface area (Å²) in [6.07, 6.45) is 1.72. The molecule has 2 heterocycles. The first-order valence-corrected chi connectivity index (χ1v) is 6.68. The van der Waals surface area contributed by atoms with Crippen LogP contribution in [0.15, 0.2) is 34.9 Å². The predicted molar refractivity (Wildman–Crippen MR) is 73.1 cm³/mol. The summed E-state index contributed by atoms with van der Waals surface area (Å²) in [5.41, 5.74) is 1.33. The van der Waals surface area contributed by atoms with E-state index in [1.54, 1.807) is 23.0 Å². The normalized spacial score (nSPS) is 12.5. The highest BCUT2D eigenvalue weighted by Crippen LogP contribution is 2.19. The third-order valence-electron chi connectivity index (χ3n) is 2.82. The molecule has 2 aromatic heterocycles. The Labute approximate surface area is 124 Å². The van der Waals surface area contributed by atoms with Crippen molar-refractivity contribution in [2.45, 2.75) is 18.8 Å². The minimum Gasteiger partial charge on any atom is -0.419 e. The van der Waals surface area contributed by atoms with Crippen LogP contribution >= 0.6 is 11.6 Å². The maximum Gasteiger partial charge on any atom is 0.247 e. The Kier molecular flexibility index (Phi) is 3.66. The fraction of sp³-hybridized carbons (Fsp3) is 0.231. The maximum atomic E-state index is 12.9. The van der Waals surface area contributed by atoms with Crippen LogP contribution in [0, 0.1) is 5.82 Å².